The van der Waals surface area contributed by atoms with E-state index in [4.69, 9.17) is 0 Å². The Morgan fingerprint density at radius 3 is 2.86 bits per heavy atom. The molecule has 0 radical (unpaired) electrons. The third-order valence-corrected chi connectivity index (χ3v) is 4.69. The van der Waals surface area contributed by atoms with Gasteiger partial charge in [0.1, 0.15) is 11.6 Å². The minimum Gasteiger partial charge on any atom is -0.369 e. The summed E-state index contributed by atoms with van der Waals surface area (Å²) in [5, 5.41) is 9.97. The first-order valence-electron chi connectivity index (χ1n) is 7.40. The molecule has 4 rings (SSSR count). The van der Waals surface area contributed by atoms with Crippen molar-refractivity contribution in [1.29, 1.82) is 0 Å². The van der Waals surface area contributed by atoms with E-state index in [0.717, 1.165) is 37.8 Å². The normalized spacial score (nSPS) is 15.2. The van der Waals surface area contributed by atoms with Gasteiger partial charge in [0.25, 0.3) is 0 Å². The fourth-order valence-corrected chi connectivity index (χ4v) is 3.41. The minimum absolute atomic E-state index is 0.830. The number of pyridine rings is 2. The molecule has 0 amide bonds. The van der Waals surface area contributed by atoms with Crippen molar-refractivity contribution >= 4 is 38.7 Å². The molecule has 2 N–H and O–H groups in total. The van der Waals surface area contributed by atoms with E-state index in [1.54, 1.807) is 11.3 Å². The standard InChI is InChI=1S/C16H17N5S/c1-3-18-16(10-13(1)21-6-4-17-5-7-21)20-15-9-12-2-8-22-14(12)11-19-15/h1-3,8-11,17H,4-7H2,(H,18,19,20). The molecular formula is C16H17N5S. The number of nitrogens with zero attached hydrogens (tertiary/aromatic N) is 3. The van der Waals surface area contributed by atoms with Gasteiger partial charge in [0.2, 0.25) is 0 Å². The Morgan fingerprint density at radius 1 is 1.09 bits per heavy atom. The molecule has 0 unspecified atom stereocenters. The van der Waals surface area contributed by atoms with E-state index in [1.807, 2.05) is 12.4 Å². The van der Waals surface area contributed by atoms with Crippen molar-refractivity contribution in [2.75, 3.05) is 36.4 Å². The number of aromatic nitrogens is 2. The topological polar surface area (TPSA) is 53.1 Å². The lowest BCUT2D eigenvalue weighted by Crippen LogP contribution is -2.43. The maximum Gasteiger partial charge on any atom is 0.133 e. The molecule has 0 aliphatic carbocycles. The van der Waals surface area contributed by atoms with Crippen LogP contribution >= 0.6 is 11.3 Å². The fraction of sp³-hybridized carbons (Fsp3) is 0.250. The molecule has 0 atom stereocenters. The second kappa shape index (κ2) is 5.90. The van der Waals surface area contributed by atoms with Crippen LogP contribution < -0.4 is 15.5 Å². The number of thiophene rings is 1. The summed E-state index contributed by atoms with van der Waals surface area (Å²) in [7, 11) is 0. The number of piperazine rings is 1. The maximum atomic E-state index is 4.45. The largest absolute Gasteiger partial charge is 0.369 e. The van der Waals surface area contributed by atoms with E-state index >= 15 is 0 Å². The molecule has 4 heterocycles. The minimum atomic E-state index is 0.830. The summed E-state index contributed by atoms with van der Waals surface area (Å²) in [6, 6.07) is 8.32. The van der Waals surface area contributed by atoms with Crippen molar-refractivity contribution in [2.24, 2.45) is 0 Å². The monoisotopic (exact) mass is 311 g/mol. The highest BCUT2D eigenvalue weighted by atomic mass is 32.1. The quantitative estimate of drug-likeness (QED) is 0.779. The van der Waals surface area contributed by atoms with Gasteiger partial charge in [-0.25, -0.2) is 9.97 Å². The zero-order valence-corrected chi connectivity index (χ0v) is 12.9. The Bertz CT molecular complexity index is 779. The van der Waals surface area contributed by atoms with Gasteiger partial charge in [-0.1, -0.05) is 0 Å². The van der Waals surface area contributed by atoms with Crippen molar-refractivity contribution in [2.45, 2.75) is 0 Å². The average molecular weight is 311 g/mol. The molecule has 3 aromatic heterocycles. The molecule has 0 spiro atoms. The summed E-state index contributed by atoms with van der Waals surface area (Å²) >= 11 is 1.71. The number of rotatable bonds is 3. The van der Waals surface area contributed by atoms with Crippen molar-refractivity contribution in [1.82, 2.24) is 15.3 Å². The molecule has 0 saturated carbocycles. The molecule has 5 nitrogen and oxygen atoms in total. The van der Waals surface area contributed by atoms with Crippen LogP contribution in [0.3, 0.4) is 0 Å². The molecule has 1 saturated heterocycles. The van der Waals surface area contributed by atoms with Gasteiger partial charge in [-0.2, -0.15) is 0 Å². The summed E-state index contributed by atoms with van der Waals surface area (Å²) in [6.45, 7) is 4.12. The lowest BCUT2D eigenvalue weighted by Gasteiger charge is -2.29. The Morgan fingerprint density at radius 2 is 1.95 bits per heavy atom. The number of fused-ring (bicyclic) bond motifs is 1. The molecule has 1 aliphatic heterocycles. The molecule has 1 fully saturated rings. The SMILES string of the molecule is c1cc(N2CCNCC2)cc(Nc2cc3ccsc3cn2)n1. The van der Waals surface area contributed by atoms with Crippen LogP contribution in [0.15, 0.2) is 42.0 Å². The summed E-state index contributed by atoms with van der Waals surface area (Å²) in [5.74, 6) is 1.66. The number of nitrogens with one attached hydrogen (secondary N) is 2. The van der Waals surface area contributed by atoms with Crippen molar-refractivity contribution in [3.05, 3.63) is 42.0 Å². The maximum absolute atomic E-state index is 4.45. The molecule has 1 aliphatic rings. The highest BCUT2D eigenvalue weighted by Crippen LogP contribution is 2.24. The Balaban J connectivity index is 1.56. The van der Waals surface area contributed by atoms with Gasteiger partial charge < -0.3 is 15.5 Å². The number of anilines is 3. The summed E-state index contributed by atoms with van der Waals surface area (Å²) < 4.78 is 1.20. The predicted octanol–water partition coefficient (Wildman–Crippen LogP) is 2.84. The average Bonchev–Trinajstić information content (AvgIpc) is 3.04. The third-order valence-electron chi connectivity index (χ3n) is 3.82. The van der Waals surface area contributed by atoms with Gasteiger partial charge in [0.15, 0.2) is 0 Å². The summed E-state index contributed by atoms with van der Waals surface area (Å²) in [6.07, 6.45) is 3.76. The van der Waals surface area contributed by atoms with Gasteiger partial charge in [-0.3, -0.25) is 0 Å². The lowest BCUT2D eigenvalue weighted by molar-refractivity contribution is 0.589. The second-order valence-corrected chi connectivity index (χ2v) is 6.24. The molecule has 0 aromatic carbocycles. The van der Waals surface area contributed by atoms with Gasteiger partial charge in [-0.05, 0) is 29.0 Å². The predicted molar refractivity (Wildman–Crippen MR) is 92.2 cm³/mol. The molecular weight excluding hydrogens is 294 g/mol. The van der Waals surface area contributed by atoms with E-state index in [2.05, 4.69) is 55.1 Å². The Kier molecular flexibility index (Phi) is 3.62. The second-order valence-electron chi connectivity index (χ2n) is 5.29. The van der Waals surface area contributed by atoms with Crippen LogP contribution in [-0.4, -0.2) is 36.1 Å². The highest BCUT2D eigenvalue weighted by molar-refractivity contribution is 7.17. The van der Waals surface area contributed by atoms with Crippen LogP contribution in [0.5, 0.6) is 0 Å². The zero-order chi connectivity index (χ0) is 14.8. The summed E-state index contributed by atoms with van der Waals surface area (Å²) in [5.41, 5.74) is 1.20. The van der Waals surface area contributed by atoms with Crippen LogP contribution in [-0.2, 0) is 0 Å². The van der Waals surface area contributed by atoms with Gasteiger partial charge in [0, 0.05) is 50.3 Å². The highest BCUT2D eigenvalue weighted by Gasteiger charge is 2.11. The van der Waals surface area contributed by atoms with Crippen LogP contribution in [0, 0.1) is 0 Å². The van der Waals surface area contributed by atoms with E-state index < -0.39 is 0 Å². The van der Waals surface area contributed by atoms with E-state index in [1.165, 1.54) is 15.8 Å². The first kappa shape index (κ1) is 13.5. The smallest absolute Gasteiger partial charge is 0.133 e. The summed E-state index contributed by atoms with van der Waals surface area (Å²) in [4.78, 5) is 11.2. The van der Waals surface area contributed by atoms with Gasteiger partial charge >= 0.3 is 0 Å². The van der Waals surface area contributed by atoms with Crippen LogP contribution in [0.1, 0.15) is 0 Å². The van der Waals surface area contributed by atoms with E-state index in [0.29, 0.717) is 0 Å². The lowest BCUT2D eigenvalue weighted by atomic mass is 10.3. The third kappa shape index (κ3) is 2.75. The molecule has 22 heavy (non-hydrogen) atoms. The van der Waals surface area contributed by atoms with Crippen molar-refractivity contribution in [3.63, 3.8) is 0 Å². The molecule has 6 heteroatoms. The molecule has 0 bridgehead atoms. The van der Waals surface area contributed by atoms with Crippen molar-refractivity contribution < 1.29 is 0 Å². The van der Waals surface area contributed by atoms with Crippen LogP contribution in [0.4, 0.5) is 17.3 Å². The Hall–Kier alpha value is -2.18. The molecule has 3 aromatic rings. The van der Waals surface area contributed by atoms with Gasteiger partial charge in [-0.15, -0.1) is 11.3 Å². The van der Waals surface area contributed by atoms with Crippen LogP contribution in [0.2, 0.25) is 0 Å². The fourth-order valence-electron chi connectivity index (χ4n) is 2.67. The first-order valence-corrected chi connectivity index (χ1v) is 8.28. The number of hydrogen-bond donors (Lipinski definition) is 2. The van der Waals surface area contributed by atoms with Crippen molar-refractivity contribution in [3.8, 4) is 0 Å². The first-order chi connectivity index (χ1) is 10.9. The van der Waals surface area contributed by atoms with Crippen LogP contribution in [0.25, 0.3) is 10.1 Å². The molecule has 112 valence electrons. The zero-order valence-electron chi connectivity index (χ0n) is 12.1. The van der Waals surface area contributed by atoms with Gasteiger partial charge in [0.05, 0.1) is 4.70 Å². The Labute approximate surface area is 133 Å². The number of hydrogen-bond acceptors (Lipinski definition) is 6. The van der Waals surface area contributed by atoms with E-state index in [9.17, 15) is 0 Å². The van der Waals surface area contributed by atoms with E-state index in [-0.39, 0.29) is 0 Å².